The fourth-order valence-corrected chi connectivity index (χ4v) is 4.71. The van der Waals surface area contributed by atoms with Crippen molar-refractivity contribution in [3.05, 3.63) is 47.5 Å². The molecule has 0 fully saturated rings. The summed E-state index contributed by atoms with van der Waals surface area (Å²) in [5.41, 5.74) is 2.22. The molecule has 144 valence electrons. The van der Waals surface area contributed by atoms with Crippen molar-refractivity contribution in [2.24, 2.45) is 0 Å². The monoisotopic (exact) mass is 368 g/mol. The Morgan fingerprint density at radius 2 is 1.11 bits per heavy atom. The van der Waals surface area contributed by atoms with E-state index in [1.807, 2.05) is 24.3 Å². The normalized spacial score (nSPS) is 20.7. The zero-order valence-corrected chi connectivity index (χ0v) is 17.0. The van der Waals surface area contributed by atoms with Crippen molar-refractivity contribution in [3.63, 3.8) is 0 Å². The molecule has 0 aliphatic carbocycles. The zero-order chi connectivity index (χ0) is 19.4. The third-order valence-electron chi connectivity index (χ3n) is 5.85. The molecule has 2 aliphatic heterocycles. The Bertz CT molecular complexity index is 808. The molecule has 4 rings (SSSR count). The van der Waals surface area contributed by atoms with Gasteiger partial charge in [0.1, 0.15) is 23.0 Å². The summed E-state index contributed by atoms with van der Waals surface area (Å²) in [7, 11) is 3.35. The van der Waals surface area contributed by atoms with Crippen LogP contribution >= 0.6 is 0 Å². The van der Waals surface area contributed by atoms with Gasteiger partial charge in [0.2, 0.25) is 0 Å². The van der Waals surface area contributed by atoms with E-state index in [0.717, 1.165) is 35.8 Å². The molecule has 0 amide bonds. The van der Waals surface area contributed by atoms with Gasteiger partial charge in [0.15, 0.2) is 0 Å². The lowest BCUT2D eigenvalue weighted by Gasteiger charge is -2.51. The summed E-state index contributed by atoms with van der Waals surface area (Å²) in [5.74, 6) is 2.55. The average Bonchev–Trinajstić information content (AvgIpc) is 2.58. The van der Waals surface area contributed by atoms with Crippen LogP contribution in [0.1, 0.15) is 51.7 Å². The summed E-state index contributed by atoms with van der Waals surface area (Å²) in [6.45, 7) is 9.00. The fourth-order valence-electron chi connectivity index (χ4n) is 4.71. The number of fused-ring (bicyclic) bond motifs is 2. The van der Waals surface area contributed by atoms with Crippen molar-refractivity contribution in [1.82, 2.24) is 0 Å². The molecule has 2 aromatic carbocycles. The molecule has 0 saturated carbocycles. The molecule has 0 saturated heterocycles. The Balaban J connectivity index is 1.81. The van der Waals surface area contributed by atoms with Crippen LogP contribution in [0.5, 0.6) is 23.0 Å². The van der Waals surface area contributed by atoms with Gasteiger partial charge < -0.3 is 18.9 Å². The molecule has 0 aromatic heterocycles. The lowest BCUT2D eigenvalue weighted by atomic mass is 9.69. The first-order chi connectivity index (χ1) is 12.7. The van der Waals surface area contributed by atoms with E-state index >= 15 is 0 Å². The molecule has 27 heavy (non-hydrogen) atoms. The molecule has 0 N–H and O–H groups in total. The van der Waals surface area contributed by atoms with Gasteiger partial charge in [-0.25, -0.2) is 0 Å². The minimum Gasteiger partial charge on any atom is -0.497 e. The topological polar surface area (TPSA) is 36.9 Å². The Kier molecular flexibility index (Phi) is 3.88. The van der Waals surface area contributed by atoms with Gasteiger partial charge in [-0.2, -0.15) is 0 Å². The quantitative estimate of drug-likeness (QED) is 0.728. The second kappa shape index (κ2) is 5.82. The third-order valence-corrected chi connectivity index (χ3v) is 5.85. The van der Waals surface area contributed by atoms with Gasteiger partial charge in [-0.1, -0.05) is 39.8 Å². The second-order valence-electron chi connectivity index (χ2n) is 8.96. The lowest BCUT2D eigenvalue weighted by molar-refractivity contribution is -0.166. The van der Waals surface area contributed by atoms with Crippen molar-refractivity contribution in [2.45, 2.75) is 57.2 Å². The number of ether oxygens (including phenoxy) is 4. The molecular weight excluding hydrogens is 340 g/mol. The van der Waals surface area contributed by atoms with Gasteiger partial charge in [-0.15, -0.1) is 0 Å². The molecule has 0 atom stereocenters. The van der Waals surface area contributed by atoms with E-state index in [1.165, 1.54) is 11.1 Å². The third kappa shape index (κ3) is 2.91. The Labute approximate surface area is 161 Å². The first kappa shape index (κ1) is 18.0. The molecule has 0 radical (unpaired) electrons. The summed E-state index contributed by atoms with van der Waals surface area (Å²) in [6, 6.07) is 12.1. The predicted octanol–water partition coefficient (Wildman–Crippen LogP) is 5.22. The largest absolute Gasteiger partial charge is 0.497 e. The van der Waals surface area contributed by atoms with E-state index in [-0.39, 0.29) is 10.8 Å². The van der Waals surface area contributed by atoms with Gasteiger partial charge in [-0.3, -0.25) is 0 Å². The van der Waals surface area contributed by atoms with E-state index in [9.17, 15) is 0 Å². The van der Waals surface area contributed by atoms with E-state index in [4.69, 9.17) is 18.9 Å². The number of hydrogen-bond acceptors (Lipinski definition) is 4. The molecule has 0 unspecified atom stereocenters. The Morgan fingerprint density at radius 1 is 0.704 bits per heavy atom. The summed E-state index contributed by atoms with van der Waals surface area (Å²) >= 11 is 0. The van der Waals surface area contributed by atoms with Crippen molar-refractivity contribution in [2.75, 3.05) is 14.2 Å². The summed E-state index contributed by atoms with van der Waals surface area (Å²) in [5, 5.41) is 0. The minimum absolute atomic E-state index is 0.0771. The fraction of sp³-hybridized carbons (Fsp3) is 0.478. The number of rotatable bonds is 2. The van der Waals surface area contributed by atoms with Crippen LogP contribution in [0.2, 0.25) is 0 Å². The number of benzene rings is 2. The molecule has 1 spiro atoms. The van der Waals surface area contributed by atoms with E-state index in [0.29, 0.717) is 0 Å². The second-order valence-corrected chi connectivity index (χ2v) is 8.96. The highest BCUT2D eigenvalue weighted by Gasteiger charge is 2.53. The van der Waals surface area contributed by atoms with Crippen LogP contribution in [0, 0.1) is 0 Å². The maximum Gasteiger partial charge on any atom is 0.252 e. The average molecular weight is 368 g/mol. The van der Waals surface area contributed by atoms with Crippen molar-refractivity contribution in [3.8, 4) is 23.0 Å². The Hall–Kier alpha value is -2.36. The van der Waals surface area contributed by atoms with Crippen LogP contribution in [0.4, 0.5) is 0 Å². The molecule has 2 aliphatic rings. The van der Waals surface area contributed by atoms with Crippen LogP contribution in [0.15, 0.2) is 36.4 Å². The number of methoxy groups -OCH3 is 2. The molecule has 2 aromatic rings. The van der Waals surface area contributed by atoms with Gasteiger partial charge >= 0.3 is 0 Å². The smallest absolute Gasteiger partial charge is 0.252 e. The van der Waals surface area contributed by atoms with Crippen molar-refractivity contribution in [1.29, 1.82) is 0 Å². The van der Waals surface area contributed by atoms with E-state index in [2.05, 4.69) is 39.8 Å². The first-order valence-corrected chi connectivity index (χ1v) is 9.43. The molecular formula is C23H28O4. The van der Waals surface area contributed by atoms with Crippen LogP contribution in [-0.2, 0) is 10.8 Å². The Morgan fingerprint density at radius 3 is 1.48 bits per heavy atom. The van der Waals surface area contributed by atoms with Crippen molar-refractivity contribution < 1.29 is 18.9 Å². The maximum atomic E-state index is 6.56. The van der Waals surface area contributed by atoms with Crippen LogP contribution in [0.25, 0.3) is 0 Å². The summed E-state index contributed by atoms with van der Waals surface area (Å²) in [4.78, 5) is 0. The van der Waals surface area contributed by atoms with Gasteiger partial charge in [-0.05, 0) is 12.1 Å². The van der Waals surface area contributed by atoms with E-state index in [1.54, 1.807) is 14.2 Å². The van der Waals surface area contributed by atoms with Crippen LogP contribution in [-0.4, -0.2) is 20.0 Å². The summed E-state index contributed by atoms with van der Waals surface area (Å²) < 4.78 is 24.0. The summed E-state index contributed by atoms with van der Waals surface area (Å²) in [6.07, 6.45) is 1.55. The highest BCUT2D eigenvalue weighted by atomic mass is 16.7. The molecule has 0 bridgehead atoms. The number of hydrogen-bond donors (Lipinski definition) is 0. The molecule has 4 nitrogen and oxygen atoms in total. The maximum absolute atomic E-state index is 6.56. The highest BCUT2D eigenvalue weighted by Crippen LogP contribution is 2.54. The predicted molar refractivity (Wildman–Crippen MR) is 105 cm³/mol. The molecule has 4 heteroatoms. The molecule has 2 heterocycles. The van der Waals surface area contributed by atoms with Gasteiger partial charge in [0, 0.05) is 46.9 Å². The minimum atomic E-state index is -0.717. The van der Waals surface area contributed by atoms with E-state index < -0.39 is 5.79 Å². The lowest BCUT2D eigenvalue weighted by Crippen LogP contribution is -2.55. The standard InChI is InChI=1S/C23H28O4/c1-21(2)13-23(26-19-11-15(24-5)7-9-17(19)21)14-22(3,4)18-10-8-16(25-6)12-20(18)27-23/h7-12H,13-14H2,1-6H3. The zero-order valence-electron chi connectivity index (χ0n) is 17.0. The van der Waals surface area contributed by atoms with Crippen LogP contribution in [0.3, 0.4) is 0 Å². The van der Waals surface area contributed by atoms with Gasteiger partial charge in [0.25, 0.3) is 5.79 Å². The van der Waals surface area contributed by atoms with Crippen LogP contribution < -0.4 is 18.9 Å². The van der Waals surface area contributed by atoms with Crippen molar-refractivity contribution >= 4 is 0 Å². The first-order valence-electron chi connectivity index (χ1n) is 9.43. The SMILES string of the molecule is COc1ccc2c(c1)OC1(CC2(C)C)CC(C)(C)c2ccc(OC)cc2O1. The van der Waals surface area contributed by atoms with Gasteiger partial charge in [0.05, 0.1) is 14.2 Å². The highest BCUT2D eigenvalue weighted by molar-refractivity contribution is 5.50.